The Kier molecular flexibility index (Phi) is 3.32. The normalized spacial score (nSPS) is 15.6. The summed E-state index contributed by atoms with van der Waals surface area (Å²) in [5.41, 5.74) is 0. The molecular weight excluding hydrogens is 246 g/mol. The third-order valence-electron chi connectivity index (χ3n) is 3.15. The summed E-state index contributed by atoms with van der Waals surface area (Å²) in [5.74, 6) is 1.42. The van der Waals surface area contributed by atoms with E-state index in [1.165, 1.54) is 6.42 Å². The van der Waals surface area contributed by atoms with Crippen LogP contribution in [0.25, 0.3) is 10.2 Å². The van der Waals surface area contributed by atoms with Crippen LogP contribution in [0, 0.1) is 0 Å². The zero-order valence-electron chi connectivity index (χ0n) is 10.5. The van der Waals surface area contributed by atoms with Crippen molar-refractivity contribution in [2.24, 2.45) is 0 Å². The van der Waals surface area contributed by atoms with Crippen molar-refractivity contribution in [1.29, 1.82) is 0 Å². The molecule has 0 aromatic carbocycles. The Bertz CT molecular complexity index is 536. The number of thiophene rings is 1. The third kappa shape index (κ3) is 2.27. The first kappa shape index (κ1) is 11.7. The molecule has 2 aromatic heterocycles. The zero-order chi connectivity index (χ0) is 12.4. The first-order chi connectivity index (χ1) is 8.86. The number of ether oxygens (including phenoxy) is 1. The lowest BCUT2D eigenvalue weighted by Crippen LogP contribution is -2.25. The Morgan fingerprint density at radius 2 is 2.33 bits per heavy atom. The molecule has 0 spiro atoms. The van der Waals surface area contributed by atoms with Gasteiger partial charge < -0.3 is 10.1 Å². The molecule has 0 atom stereocenters. The number of rotatable bonds is 5. The van der Waals surface area contributed by atoms with Gasteiger partial charge in [-0.15, -0.1) is 11.3 Å². The smallest absolute Gasteiger partial charge is 0.227 e. The number of nitrogens with one attached hydrogen (secondary N) is 1. The zero-order valence-corrected chi connectivity index (χ0v) is 11.3. The summed E-state index contributed by atoms with van der Waals surface area (Å²) in [5, 5.41) is 6.30. The van der Waals surface area contributed by atoms with Crippen molar-refractivity contribution in [3.05, 3.63) is 11.4 Å². The topological polar surface area (TPSA) is 47.0 Å². The highest BCUT2D eigenvalue weighted by Crippen LogP contribution is 2.32. The molecule has 1 N–H and O–H groups in total. The van der Waals surface area contributed by atoms with Gasteiger partial charge in [-0.25, -0.2) is 4.98 Å². The van der Waals surface area contributed by atoms with Crippen molar-refractivity contribution < 1.29 is 4.74 Å². The fourth-order valence-corrected chi connectivity index (χ4v) is 2.63. The predicted molar refractivity (Wildman–Crippen MR) is 74.5 cm³/mol. The Hall–Kier alpha value is -1.36. The third-order valence-corrected chi connectivity index (χ3v) is 3.96. The highest BCUT2D eigenvalue weighted by atomic mass is 32.1. The summed E-state index contributed by atoms with van der Waals surface area (Å²) in [6.07, 6.45) is 4.97. The molecule has 3 rings (SSSR count). The number of fused-ring (bicyclic) bond motifs is 1. The summed E-state index contributed by atoms with van der Waals surface area (Å²) >= 11 is 1.63. The maximum atomic E-state index is 5.96. The molecule has 5 heteroatoms. The summed E-state index contributed by atoms with van der Waals surface area (Å²) in [4.78, 5) is 9.99. The highest BCUT2D eigenvalue weighted by Gasteiger charge is 2.21. The van der Waals surface area contributed by atoms with E-state index in [-0.39, 0.29) is 0 Å². The molecule has 0 bridgehead atoms. The SMILES string of the molecule is CCCNc1nc(OC2CCC2)c2ccsc2n1. The minimum absolute atomic E-state index is 0.349. The van der Waals surface area contributed by atoms with Crippen LogP contribution in [0.2, 0.25) is 0 Å². The van der Waals surface area contributed by atoms with E-state index in [2.05, 4.69) is 22.2 Å². The summed E-state index contributed by atoms with van der Waals surface area (Å²) in [6, 6.07) is 2.04. The van der Waals surface area contributed by atoms with Crippen molar-refractivity contribution >= 4 is 27.5 Å². The lowest BCUT2D eigenvalue weighted by Gasteiger charge is -2.26. The quantitative estimate of drug-likeness (QED) is 0.897. The van der Waals surface area contributed by atoms with E-state index in [1.807, 2.05) is 11.4 Å². The average Bonchev–Trinajstić information content (AvgIpc) is 2.79. The van der Waals surface area contributed by atoms with Gasteiger partial charge in [0.2, 0.25) is 11.8 Å². The van der Waals surface area contributed by atoms with Crippen molar-refractivity contribution in [2.45, 2.75) is 38.7 Å². The molecule has 1 aliphatic rings. The molecule has 1 aliphatic carbocycles. The van der Waals surface area contributed by atoms with E-state index >= 15 is 0 Å². The Morgan fingerprint density at radius 3 is 3.06 bits per heavy atom. The van der Waals surface area contributed by atoms with Gasteiger partial charge >= 0.3 is 0 Å². The van der Waals surface area contributed by atoms with Crippen LogP contribution in [0.4, 0.5) is 5.95 Å². The monoisotopic (exact) mass is 263 g/mol. The van der Waals surface area contributed by atoms with Crippen LogP contribution in [0.15, 0.2) is 11.4 Å². The number of hydrogen-bond donors (Lipinski definition) is 1. The van der Waals surface area contributed by atoms with E-state index < -0.39 is 0 Å². The van der Waals surface area contributed by atoms with Crippen LogP contribution < -0.4 is 10.1 Å². The lowest BCUT2D eigenvalue weighted by molar-refractivity contribution is 0.117. The molecule has 0 saturated heterocycles. The summed E-state index contributed by atoms with van der Waals surface area (Å²) < 4.78 is 5.96. The van der Waals surface area contributed by atoms with Crippen molar-refractivity contribution in [1.82, 2.24) is 9.97 Å². The number of nitrogens with zero attached hydrogens (tertiary/aromatic N) is 2. The standard InChI is InChI=1S/C13H17N3OS/c1-2-7-14-13-15-11(17-9-4-3-5-9)10-6-8-18-12(10)16-13/h6,8-9H,2-5,7H2,1H3,(H,14,15,16). The Balaban J connectivity index is 1.89. The summed E-state index contributed by atoms with van der Waals surface area (Å²) in [7, 11) is 0. The van der Waals surface area contributed by atoms with Gasteiger partial charge in [0, 0.05) is 6.54 Å². The van der Waals surface area contributed by atoms with Crippen molar-refractivity contribution in [3.8, 4) is 5.88 Å². The largest absolute Gasteiger partial charge is 0.474 e. The minimum Gasteiger partial charge on any atom is -0.474 e. The van der Waals surface area contributed by atoms with Crippen LogP contribution in [0.5, 0.6) is 5.88 Å². The van der Waals surface area contributed by atoms with Crippen LogP contribution >= 0.6 is 11.3 Å². The fourth-order valence-electron chi connectivity index (χ4n) is 1.88. The molecule has 1 fully saturated rings. The molecule has 4 nitrogen and oxygen atoms in total. The van der Waals surface area contributed by atoms with Crippen LogP contribution in [0.3, 0.4) is 0 Å². The molecule has 0 amide bonds. The molecule has 0 aliphatic heterocycles. The Morgan fingerprint density at radius 1 is 1.44 bits per heavy atom. The number of hydrogen-bond acceptors (Lipinski definition) is 5. The minimum atomic E-state index is 0.349. The van der Waals surface area contributed by atoms with Crippen LogP contribution in [-0.4, -0.2) is 22.6 Å². The van der Waals surface area contributed by atoms with Crippen molar-refractivity contribution in [2.75, 3.05) is 11.9 Å². The second-order valence-electron chi connectivity index (χ2n) is 4.59. The van der Waals surface area contributed by atoms with Gasteiger partial charge in [0.25, 0.3) is 0 Å². The first-order valence-electron chi connectivity index (χ1n) is 6.52. The van der Waals surface area contributed by atoms with Gasteiger partial charge in [0.1, 0.15) is 10.9 Å². The van der Waals surface area contributed by atoms with Gasteiger partial charge in [-0.2, -0.15) is 4.98 Å². The van der Waals surface area contributed by atoms with E-state index in [0.29, 0.717) is 12.1 Å². The molecule has 2 aromatic rings. The molecule has 96 valence electrons. The molecule has 2 heterocycles. The number of anilines is 1. The maximum absolute atomic E-state index is 5.96. The molecule has 1 saturated carbocycles. The molecule has 0 radical (unpaired) electrons. The summed E-state index contributed by atoms with van der Waals surface area (Å²) in [6.45, 7) is 3.02. The lowest BCUT2D eigenvalue weighted by atomic mass is 9.96. The predicted octanol–water partition coefficient (Wildman–Crippen LogP) is 3.44. The molecule has 18 heavy (non-hydrogen) atoms. The molecular formula is C13H17N3OS. The fraction of sp³-hybridized carbons (Fsp3) is 0.538. The van der Waals surface area contributed by atoms with E-state index in [1.54, 1.807) is 11.3 Å². The number of aromatic nitrogens is 2. The first-order valence-corrected chi connectivity index (χ1v) is 7.40. The van der Waals surface area contributed by atoms with E-state index in [9.17, 15) is 0 Å². The van der Waals surface area contributed by atoms with Gasteiger partial charge in [0.15, 0.2) is 0 Å². The highest BCUT2D eigenvalue weighted by molar-refractivity contribution is 7.16. The van der Waals surface area contributed by atoms with Gasteiger partial charge in [0.05, 0.1) is 5.39 Å². The molecule has 0 unspecified atom stereocenters. The van der Waals surface area contributed by atoms with Crippen molar-refractivity contribution in [3.63, 3.8) is 0 Å². The van der Waals surface area contributed by atoms with Crippen LogP contribution in [0.1, 0.15) is 32.6 Å². The Labute approximate surface area is 110 Å². The second kappa shape index (κ2) is 5.10. The van der Waals surface area contributed by atoms with Gasteiger partial charge in [-0.1, -0.05) is 6.92 Å². The average molecular weight is 263 g/mol. The second-order valence-corrected chi connectivity index (χ2v) is 5.48. The van der Waals surface area contributed by atoms with Gasteiger partial charge in [-0.05, 0) is 37.1 Å². The van der Waals surface area contributed by atoms with Gasteiger partial charge in [-0.3, -0.25) is 0 Å². The van der Waals surface area contributed by atoms with Crippen LogP contribution in [-0.2, 0) is 0 Å². The van der Waals surface area contributed by atoms with E-state index in [4.69, 9.17) is 4.74 Å². The maximum Gasteiger partial charge on any atom is 0.227 e. The van der Waals surface area contributed by atoms with E-state index in [0.717, 1.165) is 41.9 Å².